The lowest BCUT2D eigenvalue weighted by Crippen LogP contribution is -2.26. The van der Waals surface area contributed by atoms with Crippen LogP contribution in [0, 0.1) is 0 Å². The monoisotopic (exact) mass is 553 g/mol. The number of benzene rings is 4. The highest BCUT2D eigenvalue weighted by Gasteiger charge is 2.15. The van der Waals surface area contributed by atoms with Gasteiger partial charge in [0.2, 0.25) is 0 Å². The topological polar surface area (TPSA) is 75.6 Å². The fourth-order valence-electron chi connectivity index (χ4n) is 3.71. The number of nitrogens with one attached hydrogen (secondary N) is 1. The van der Waals surface area contributed by atoms with Crippen molar-refractivity contribution in [2.24, 2.45) is 0 Å². The Morgan fingerprint density at radius 2 is 1.43 bits per heavy atom. The minimum atomic E-state index is -0.953. The Morgan fingerprint density at radius 3 is 2.05 bits per heavy atom. The van der Waals surface area contributed by atoms with Crippen molar-refractivity contribution in [2.75, 3.05) is 6.54 Å². The molecule has 4 aromatic rings. The molecule has 8 heteroatoms. The van der Waals surface area contributed by atoms with Crippen LogP contribution in [0.25, 0.3) is 11.1 Å². The molecule has 0 aliphatic rings. The highest BCUT2D eigenvalue weighted by atomic mass is 35.5. The second-order valence-electron chi connectivity index (χ2n) is 8.21. The van der Waals surface area contributed by atoms with E-state index in [1.807, 2.05) is 24.3 Å². The van der Waals surface area contributed by atoms with Gasteiger partial charge in [0.15, 0.2) is 0 Å². The number of hydrogen-bond acceptors (Lipinski definition) is 3. The van der Waals surface area contributed by atoms with Gasteiger partial charge in [0.25, 0.3) is 5.91 Å². The van der Waals surface area contributed by atoms with E-state index in [0.29, 0.717) is 44.9 Å². The molecule has 0 unspecified atom stereocenters. The maximum Gasteiger partial charge on any atom is 0.335 e. The molecular formula is C29H22Cl3NO4. The molecular weight excluding hydrogens is 533 g/mol. The van der Waals surface area contributed by atoms with Crippen molar-refractivity contribution < 1.29 is 19.4 Å². The number of carboxylic acid groups (broad SMARTS) is 1. The summed E-state index contributed by atoms with van der Waals surface area (Å²) in [7, 11) is 0. The summed E-state index contributed by atoms with van der Waals surface area (Å²) in [5.41, 5.74) is 4.14. The van der Waals surface area contributed by atoms with Gasteiger partial charge in [-0.15, -0.1) is 0 Å². The van der Waals surface area contributed by atoms with Crippen LogP contribution < -0.4 is 10.1 Å². The molecule has 37 heavy (non-hydrogen) atoms. The Hall–Kier alpha value is -3.51. The van der Waals surface area contributed by atoms with E-state index in [-0.39, 0.29) is 18.1 Å². The Bertz CT molecular complexity index is 1400. The van der Waals surface area contributed by atoms with Gasteiger partial charge < -0.3 is 15.2 Å². The van der Waals surface area contributed by atoms with E-state index in [9.17, 15) is 9.59 Å². The molecule has 4 aromatic carbocycles. The second kappa shape index (κ2) is 12.2. The molecule has 0 saturated carbocycles. The van der Waals surface area contributed by atoms with Gasteiger partial charge in [0, 0.05) is 27.2 Å². The Balaban J connectivity index is 1.36. The molecule has 0 radical (unpaired) electrons. The summed E-state index contributed by atoms with van der Waals surface area (Å²) >= 11 is 18.6. The summed E-state index contributed by atoms with van der Waals surface area (Å²) in [6, 6.07) is 24.7. The molecule has 0 fully saturated rings. The standard InChI is InChI=1S/C29H22Cl3NO4/c30-22-12-13-27(37-17-24-25(31)2-1-3-26(24)32)23(16-22)28(34)33-15-14-18-4-6-19(7-5-18)20-8-10-21(11-9-20)29(35)36/h1-13,16H,14-15,17H2,(H,33,34)(H,35,36). The van der Waals surface area contributed by atoms with Crippen LogP contribution in [0.15, 0.2) is 84.9 Å². The summed E-state index contributed by atoms with van der Waals surface area (Å²) in [6.45, 7) is 0.513. The molecule has 0 spiro atoms. The normalized spacial score (nSPS) is 10.7. The van der Waals surface area contributed by atoms with Gasteiger partial charge in [-0.3, -0.25) is 4.79 Å². The summed E-state index contributed by atoms with van der Waals surface area (Å²) in [6.07, 6.45) is 0.621. The first-order valence-electron chi connectivity index (χ1n) is 11.4. The predicted octanol–water partition coefficient (Wildman–Crippen LogP) is 7.56. The van der Waals surface area contributed by atoms with Gasteiger partial charge in [0.05, 0.1) is 11.1 Å². The summed E-state index contributed by atoms with van der Waals surface area (Å²) < 4.78 is 5.88. The lowest BCUT2D eigenvalue weighted by Gasteiger charge is -2.14. The molecule has 0 atom stereocenters. The van der Waals surface area contributed by atoms with Gasteiger partial charge >= 0.3 is 5.97 Å². The number of halogens is 3. The number of carbonyl (C=O) groups excluding carboxylic acids is 1. The van der Waals surface area contributed by atoms with Crippen molar-refractivity contribution in [3.63, 3.8) is 0 Å². The third-order valence-electron chi connectivity index (χ3n) is 5.74. The van der Waals surface area contributed by atoms with Crippen LogP contribution in [-0.4, -0.2) is 23.5 Å². The van der Waals surface area contributed by atoms with Crippen molar-refractivity contribution in [3.05, 3.63) is 122 Å². The summed E-state index contributed by atoms with van der Waals surface area (Å²) in [4.78, 5) is 24.0. The first-order valence-corrected chi connectivity index (χ1v) is 12.5. The number of amides is 1. The zero-order chi connectivity index (χ0) is 26.4. The van der Waals surface area contributed by atoms with Crippen molar-refractivity contribution >= 4 is 46.7 Å². The molecule has 0 aliphatic heterocycles. The van der Waals surface area contributed by atoms with Crippen molar-refractivity contribution in [1.29, 1.82) is 0 Å². The zero-order valence-electron chi connectivity index (χ0n) is 19.5. The highest BCUT2D eigenvalue weighted by Crippen LogP contribution is 2.28. The van der Waals surface area contributed by atoms with Crippen LogP contribution in [0.4, 0.5) is 0 Å². The first-order chi connectivity index (χ1) is 17.8. The Kier molecular flexibility index (Phi) is 8.72. The van der Waals surface area contributed by atoms with Crippen molar-refractivity contribution in [1.82, 2.24) is 5.32 Å². The highest BCUT2D eigenvalue weighted by molar-refractivity contribution is 6.36. The maximum absolute atomic E-state index is 12.9. The van der Waals surface area contributed by atoms with Crippen LogP contribution in [0.2, 0.25) is 15.1 Å². The number of hydrogen-bond donors (Lipinski definition) is 2. The lowest BCUT2D eigenvalue weighted by atomic mass is 10.0. The third-order valence-corrected chi connectivity index (χ3v) is 6.68. The quantitative estimate of drug-likeness (QED) is 0.224. The largest absolute Gasteiger partial charge is 0.488 e. The number of carboxylic acids is 1. The fourth-order valence-corrected chi connectivity index (χ4v) is 4.39. The van der Waals surface area contributed by atoms with Gasteiger partial charge in [0.1, 0.15) is 12.4 Å². The van der Waals surface area contributed by atoms with Crippen LogP contribution in [0.3, 0.4) is 0 Å². The van der Waals surface area contributed by atoms with Gasteiger partial charge in [-0.25, -0.2) is 4.79 Å². The molecule has 0 aromatic heterocycles. The van der Waals surface area contributed by atoms with E-state index >= 15 is 0 Å². The average molecular weight is 555 g/mol. The molecule has 0 bridgehead atoms. The van der Waals surface area contributed by atoms with Crippen LogP contribution >= 0.6 is 34.8 Å². The molecule has 0 heterocycles. The van der Waals surface area contributed by atoms with Crippen LogP contribution in [0.1, 0.15) is 31.8 Å². The second-order valence-corrected chi connectivity index (χ2v) is 9.47. The lowest BCUT2D eigenvalue weighted by molar-refractivity contribution is 0.0696. The third kappa shape index (κ3) is 6.83. The maximum atomic E-state index is 12.9. The predicted molar refractivity (Wildman–Crippen MR) is 147 cm³/mol. The molecule has 0 aliphatic carbocycles. The first kappa shape index (κ1) is 26.6. The number of aromatic carboxylic acids is 1. The Morgan fingerprint density at radius 1 is 0.811 bits per heavy atom. The minimum Gasteiger partial charge on any atom is -0.488 e. The van der Waals surface area contributed by atoms with E-state index in [0.717, 1.165) is 16.7 Å². The van der Waals surface area contributed by atoms with E-state index < -0.39 is 5.97 Å². The van der Waals surface area contributed by atoms with Gasteiger partial charge in [-0.05, 0) is 65.6 Å². The molecule has 1 amide bonds. The molecule has 188 valence electrons. The summed E-state index contributed by atoms with van der Waals surface area (Å²) in [5, 5.41) is 13.3. The fraction of sp³-hybridized carbons (Fsp3) is 0.103. The minimum absolute atomic E-state index is 0.103. The van der Waals surface area contributed by atoms with Crippen LogP contribution in [0.5, 0.6) is 5.75 Å². The van der Waals surface area contributed by atoms with E-state index in [2.05, 4.69) is 5.32 Å². The Labute approximate surface area is 229 Å². The number of carbonyl (C=O) groups is 2. The number of ether oxygens (including phenoxy) is 1. The molecule has 0 saturated heterocycles. The number of rotatable bonds is 9. The van der Waals surface area contributed by atoms with Gasteiger partial charge in [-0.1, -0.05) is 77.3 Å². The van der Waals surface area contributed by atoms with Gasteiger partial charge in [-0.2, -0.15) is 0 Å². The SMILES string of the molecule is O=C(O)c1ccc(-c2ccc(CCNC(=O)c3cc(Cl)ccc3OCc3c(Cl)cccc3Cl)cc2)cc1. The van der Waals surface area contributed by atoms with Crippen molar-refractivity contribution in [2.45, 2.75) is 13.0 Å². The van der Waals surface area contributed by atoms with Crippen LogP contribution in [-0.2, 0) is 13.0 Å². The summed E-state index contributed by atoms with van der Waals surface area (Å²) in [5.74, 6) is -0.889. The van der Waals surface area contributed by atoms with E-state index in [1.54, 1.807) is 60.7 Å². The van der Waals surface area contributed by atoms with Crippen molar-refractivity contribution in [3.8, 4) is 16.9 Å². The smallest absolute Gasteiger partial charge is 0.335 e. The molecule has 5 nitrogen and oxygen atoms in total. The molecule has 4 rings (SSSR count). The average Bonchev–Trinajstić information content (AvgIpc) is 2.89. The zero-order valence-corrected chi connectivity index (χ0v) is 21.8. The van der Waals surface area contributed by atoms with E-state index in [4.69, 9.17) is 44.6 Å². The van der Waals surface area contributed by atoms with E-state index in [1.165, 1.54) is 0 Å². The molecule has 2 N–H and O–H groups in total.